The summed E-state index contributed by atoms with van der Waals surface area (Å²) in [6.45, 7) is 2.79. The molecule has 0 radical (unpaired) electrons. The van der Waals surface area contributed by atoms with Gasteiger partial charge in [-0.1, -0.05) is 6.07 Å². The molecule has 1 aromatic rings. The number of hydrogen-bond acceptors (Lipinski definition) is 2. The highest BCUT2D eigenvalue weighted by atomic mass is 16.5. The van der Waals surface area contributed by atoms with Crippen LogP contribution in [0.15, 0.2) is 12.1 Å². The number of benzene rings is 1. The quantitative estimate of drug-likeness (QED) is 0.656. The van der Waals surface area contributed by atoms with E-state index in [0.717, 1.165) is 36.3 Å². The Morgan fingerprint density at radius 3 is 2.85 bits per heavy atom. The van der Waals surface area contributed by atoms with Crippen molar-refractivity contribution in [2.24, 2.45) is 0 Å². The van der Waals surface area contributed by atoms with Crippen LogP contribution in [0, 0.1) is 6.92 Å². The fourth-order valence-corrected chi connectivity index (χ4v) is 2.20. The number of phenolic OH excluding ortho intramolecular Hbond substituents is 1. The summed E-state index contributed by atoms with van der Waals surface area (Å²) in [7, 11) is 0. The van der Waals surface area contributed by atoms with E-state index < -0.39 is 0 Å². The largest absolute Gasteiger partial charge is 0.508 e. The molecule has 1 N–H and O–H groups in total. The van der Waals surface area contributed by atoms with Crippen LogP contribution >= 0.6 is 0 Å². The number of hydrogen-bond donors (Lipinski definition) is 1. The van der Waals surface area contributed by atoms with Gasteiger partial charge >= 0.3 is 0 Å². The smallest absolute Gasteiger partial charge is 0.129 e. The molecule has 1 spiro atoms. The van der Waals surface area contributed by atoms with Crippen LogP contribution in [-0.2, 0) is 5.41 Å². The first-order chi connectivity index (χ1) is 6.23. The maximum atomic E-state index is 9.75. The van der Waals surface area contributed by atoms with Crippen LogP contribution in [0.5, 0.6) is 11.5 Å². The zero-order valence-electron chi connectivity index (χ0n) is 7.63. The molecule has 68 valence electrons. The summed E-state index contributed by atoms with van der Waals surface area (Å²) >= 11 is 0. The molecule has 0 atom stereocenters. The number of rotatable bonds is 0. The average molecular weight is 176 g/mol. The monoisotopic (exact) mass is 176 g/mol. The van der Waals surface area contributed by atoms with E-state index in [1.54, 1.807) is 6.07 Å². The van der Waals surface area contributed by atoms with Crippen LogP contribution < -0.4 is 4.74 Å². The van der Waals surface area contributed by atoms with Gasteiger partial charge in [0.05, 0.1) is 6.61 Å². The van der Waals surface area contributed by atoms with Gasteiger partial charge < -0.3 is 9.84 Å². The van der Waals surface area contributed by atoms with Gasteiger partial charge in [-0.2, -0.15) is 0 Å². The summed E-state index contributed by atoms with van der Waals surface area (Å²) in [4.78, 5) is 0. The summed E-state index contributed by atoms with van der Waals surface area (Å²) in [5.74, 6) is 1.34. The number of aryl methyl sites for hydroxylation is 1. The molecule has 0 unspecified atom stereocenters. The summed E-state index contributed by atoms with van der Waals surface area (Å²) in [5.41, 5.74) is 2.38. The summed E-state index contributed by atoms with van der Waals surface area (Å²) in [6, 6.07) is 3.69. The van der Waals surface area contributed by atoms with Crippen LogP contribution in [0.3, 0.4) is 0 Å². The van der Waals surface area contributed by atoms with Gasteiger partial charge in [0.25, 0.3) is 0 Å². The van der Waals surface area contributed by atoms with Gasteiger partial charge in [0.15, 0.2) is 0 Å². The first-order valence-corrected chi connectivity index (χ1v) is 4.69. The molecular weight excluding hydrogens is 164 g/mol. The Morgan fingerprint density at radius 1 is 1.38 bits per heavy atom. The predicted molar refractivity (Wildman–Crippen MR) is 49.3 cm³/mol. The second-order valence-electron chi connectivity index (χ2n) is 4.17. The van der Waals surface area contributed by atoms with Gasteiger partial charge in [-0.25, -0.2) is 0 Å². The standard InChI is InChI=1S/C11H12O2/c1-7-2-3-8(12)9-10(7)13-6-11(9)4-5-11/h2-3,12H,4-6H2,1H3. The lowest BCUT2D eigenvalue weighted by Crippen LogP contribution is -2.07. The third kappa shape index (κ3) is 0.781. The second kappa shape index (κ2) is 2.00. The lowest BCUT2D eigenvalue weighted by molar-refractivity contribution is 0.321. The molecule has 2 heteroatoms. The van der Waals surface area contributed by atoms with Gasteiger partial charge in [0, 0.05) is 11.0 Å². The van der Waals surface area contributed by atoms with Crippen LogP contribution in [-0.4, -0.2) is 11.7 Å². The minimum absolute atomic E-state index is 0.186. The Morgan fingerprint density at radius 2 is 2.15 bits per heavy atom. The predicted octanol–water partition coefficient (Wildman–Crippen LogP) is 2.12. The van der Waals surface area contributed by atoms with E-state index in [9.17, 15) is 5.11 Å². The molecule has 1 aliphatic heterocycles. The number of phenols is 1. The molecule has 0 aromatic heterocycles. The molecule has 3 rings (SSSR count). The number of aromatic hydroxyl groups is 1. The third-order valence-electron chi connectivity index (χ3n) is 3.21. The van der Waals surface area contributed by atoms with Gasteiger partial charge in [-0.15, -0.1) is 0 Å². The molecule has 0 saturated heterocycles. The highest BCUT2D eigenvalue weighted by molar-refractivity contribution is 5.58. The Bertz CT molecular complexity index is 378. The van der Waals surface area contributed by atoms with Gasteiger partial charge in [-0.3, -0.25) is 0 Å². The van der Waals surface area contributed by atoms with E-state index in [4.69, 9.17) is 4.74 Å². The van der Waals surface area contributed by atoms with Crippen molar-refractivity contribution in [3.05, 3.63) is 23.3 Å². The zero-order valence-corrected chi connectivity index (χ0v) is 7.63. The lowest BCUT2D eigenvalue weighted by Gasteiger charge is -2.07. The minimum atomic E-state index is 0.186. The highest BCUT2D eigenvalue weighted by Gasteiger charge is 2.52. The number of fused-ring (bicyclic) bond motifs is 2. The molecule has 1 fully saturated rings. The van der Waals surface area contributed by atoms with Crippen molar-refractivity contribution >= 4 is 0 Å². The number of ether oxygens (including phenoxy) is 1. The summed E-state index contributed by atoms with van der Waals surface area (Å²) in [5, 5.41) is 9.75. The maximum absolute atomic E-state index is 9.75. The zero-order chi connectivity index (χ0) is 9.05. The first kappa shape index (κ1) is 7.25. The fourth-order valence-electron chi connectivity index (χ4n) is 2.20. The maximum Gasteiger partial charge on any atom is 0.129 e. The third-order valence-corrected chi connectivity index (χ3v) is 3.21. The Kier molecular flexibility index (Phi) is 1.12. The molecule has 1 aliphatic carbocycles. The average Bonchev–Trinajstić information content (AvgIpc) is 2.74. The molecule has 0 amide bonds. The van der Waals surface area contributed by atoms with Crippen LogP contribution in [0.1, 0.15) is 24.0 Å². The molecule has 1 aromatic carbocycles. The van der Waals surface area contributed by atoms with Crippen LogP contribution in [0.2, 0.25) is 0 Å². The van der Waals surface area contributed by atoms with Crippen LogP contribution in [0.25, 0.3) is 0 Å². The Hall–Kier alpha value is -1.18. The van der Waals surface area contributed by atoms with Crippen molar-refractivity contribution in [2.45, 2.75) is 25.2 Å². The highest BCUT2D eigenvalue weighted by Crippen LogP contribution is 2.58. The van der Waals surface area contributed by atoms with E-state index in [1.165, 1.54) is 0 Å². The van der Waals surface area contributed by atoms with Crippen molar-refractivity contribution in [2.75, 3.05) is 6.61 Å². The SMILES string of the molecule is Cc1ccc(O)c2c1OCC21CC1. The first-order valence-electron chi connectivity index (χ1n) is 4.69. The van der Waals surface area contributed by atoms with Crippen molar-refractivity contribution in [3.63, 3.8) is 0 Å². The van der Waals surface area contributed by atoms with E-state index >= 15 is 0 Å². The molecule has 2 aliphatic rings. The van der Waals surface area contributed by atoms with Crippen LogP contribution in [0.4, 0.5) is 0 Å². The topological polar surface area (TPSA) is 29.5 Å². The normalized spacial score (nSPS) is 21.3. The Balaban J connectivity index is 2.28. The van der Waals surface area contributed by atoms with E-state index in [1.807, 2.05) is 13.0 Å². The van der Waals surface area contributed by atoms with Crippen molar-refractivity contribution < 1.29 is 9.84 Å². The van der Waals surface area contributed by atoms with E-state index in [-0.39, 0.29) is 5.41 Å². The molecule has 2 nitrogen and oxygen atoms in total. The van der Waals surface area contributed by atoms with E-state index in [2.05, 4.69) is 0 Å². The van der Waals surface area contributed by atoms with Gasteiger partial charge in [-0.05, 0) is 31.4 Å². The van der Waals surface area contributed by atoms with E-state index in [0.29, 0.717) is 5.75 Å². The van der Waals surface area contributed by atoms with Crippen molar-refractivity contribution in [3.8, 4) is 11.5 Å². The fraction of sp³-hybridized carbons (Fsp3) is 0.455. The van der Waals surface area contributed by atoms with Gasteiger partial charge in [0.2, 0.25) is 0 Å². The molecular formula is C11H12O2. The molecule has 1 saturated carbocycles. The molecule has 1 heterocycles. The minimum Gasteiger partial charge on any atom is -0.508 e. The summed E-state index contributed by atoms with van der Waals surface area (Å²) < 4.78 is 5.63. The Labute approximate surface area is 77.2 Å². The van der Waals surface area contributed by atoms with Gasteiger partial charge in [0.1, 0.15) is 11.5 Å². The summed E-state index contributed by atoms with van der Waals surface area (Å²) in [6.07, 6.45) is 2.33. The lowest BCUT2D eigenvalue weighted by atomic mass is 9.96. The molecule has 0 bridgehead atoms. The van der Waals surface area contributed by atoms with Crippen molar-refractivity contribution in [1.29, 1.82) is 0 Å². The second-order valence-corrected chi connectivity index (χ2v) is 4.17. The van der Waals surface area contributed by atoms with Crippen molar-refractivity contribution in [1.82, 2.24) is 0 Å². The molecule has 13 heavy (non-hydrogen) atoms.